The molecule has 0 bridgehead atoms. The van der Waals surface area contributed by atoms with Gasteiger partial charge in [-0.2, -0.15) is 0 Å². The molecule has 2 unspecified atom stereocenters. The standard InChI is InChI=1S/C12H23NO2/c1-9(2)13(8-12(14)15)11-7-5-4-6-10(11)3/h9-11H,4-8H2,1-3H3,(H,14,15). The second-order valence-electron chi connectivity index (χ2n) is 4.99. The van der Waals surface area contributed by atoms with E-state index in [1.54, 1.807) is 0 Å². The molecule has 0 aromatic rings. The van der Waals surface area contributed by atoms with Crippen molar-refractivity contribution in [2.45, 2.75) is 58.5 Å². The predicted octanol–water partition coefficient (Wildman–Crippen LogP) is 2.36. The Morgan fingerprint density at radius 1 is 1.40 bits per heavy atom. The molecule has 3 heteroatoms. The van der Waals surface area contributed by atoms with E-state index in [9.17, 15) is 4.79 Å². The molecule has 1 fully saturated rings. The van der Waals surface area contributed by atoms with E-state index in [4.69, 9.17) is 5.11 Å². The van der Waals surface area contributed by atoms with Gasteiger partial charge in [0.15, 0.2) is 0 Å². The minimum absolute atomic E-state index is 0.187. The summed E-state index contributed by atoms with van der Waals surface area (Å²) in [4.78, 5) is 13.0. The number of nitrogens with zero attached hydrogens (tertiary/aromatic N) is 1. The van der Waals surface area contributed by atoms with Gasteiger partial charge in [-0.3, -0.25) is 9.69 Å². The van der Waals surface area contributed by atoms with E-state index in [1.807, 2.05) is 0 Å². The van der Waals surface area contributed by atoms with E-state index < -0.39 is 5.97 Å². The molecule has 3 nitrogen and oxygen atoms in total. The van der Waals surface area contributed by atoms with Crippen molar-refractivity contribution in [3.05, 3.63) is 0 Å². The second kappa shape index (κ2) is 5.50. The van der Waals surface area contributed by atoms with Crippen LogP contribution in [0.1, 0.15) is 46.5 Å². The highest BCUT2D eigenvalue weighted by Gasteiger charge is 2.29. The summed E-state index contributed by atoms with van der Waals surface area (Å²) in [7, 11) is 0. The molecular formula is C12H23NO2. The monoisotopic (exact) mass is 213 g/mol. The van der Waals surface area contributed by atoms with E-state index in [0.717, 1.165) is 6.42 Å². The maximum Gasteiger partial charge on any atom is 0.317 e. The Morgan fingerprint density at radius 3 is 2.47 bits per heavy atom. The van der Waals surface area contributed by atoms with E-state index in [-0.39, 0.29) is 6.54 Å². The molecule has 0 aromatic heterocycles. The third kappa shape index (κ3) is 3.49. The Balaban J connectivity index is 2.64. The predicted molar refractivity (Wildman–Crippen MR) is 60.9 cm³/mol. The smallest absolute Gasteiger partial charge is 0.317 e. The maximum atomic E-state index is 10.8. The van der Waals surface area contributed by atoms with Gasteiger partial charge in [0, 0.05) is 12.1 Å². The molecule has 0 aliphatic heterocycles. The lowest BCUT2D eigenvalue weighted by molar-refractivity contribution is -0.140. The third-order valence-electron chi connectivity index (χ3n) is 3.47. The van der Waals surface area contributed by atoms with Crippen molar-refractivity contribution >= 4 is 5.97 Å². The van der Waals surface area contributed by atoms with E-state index in [2.05, 4.69) is 25.7 Å². The van der Waals surface area contributed by atoms with Crippen LogP contribution in [0.25, 0.3) is 0 Å². The van der Waals surface area contributed by atoms with Crippen molar-refractivity contribution < 1.29 is 9.90 Å². The molecule has 2 atom stereocenters. The van der Waals surface area contributed by atoms with Gasteiger partial charge >= 0.3 is 5.97 Å². The topological polar surface area (TPSA) is 40.5 Å². The first-order valence-corrected chi connectivity index (χ1v) is 6.00. The van der Waals surface area contributed by atoms with Gasteiger partial charge in [0.1, 0.15) is 0 Å². The highest BCUT2D eigenvalue weighted by Crippen LogP contribution is 2.29. The largest absolute Gasteiger partial charge is 0.480 e. The number of carboxylic acid groups (broad SMARTS) is 1. The zero-order valence-corrected chi connectivity index (χ0v) is 10.1. The fourth-order valence-electron chi connectivity index (χ4n) is 2.63. The van der Waals surface area contributed by atoms with Crippen LogP contribution in [0, 0.1) is 5.92 Å². The van der Waals surface area contributed by atoms with Crippen LogP contribution >= 0.6 is 0 Å². The van der Waals surface area contributed by atoms with Crippen molar-refractivity contribution in [2.75, 3.05) is 6.54 Å². The van der Waals surface area contributed by atoms with Crippen LogP contribution in [-0.4, -0.2) is 34.6 Å². The minimum Gasteiger partial charge on any atom is -0.480 e. The zero-order valence-electron chi connectivity index (χ0n) is 10.1. The molecular weight excluding hydrogens is 190 g/mol. The molecule has 88 valence electrons. The number of rotatable bonds is 4. The summed E-state index contributed by atoms with van der Waals surface area (Å²) in [6.07, 6.45) is 4.95. The van der Waals surface area contributed by atoms with Gasteiger partial charge in [0.25, 0.3) is 0 Å². The first-order valence-electron chi connectivity index (χ1n) is 6.00. The van der Waals surface area contributed by atoms with Crippen molar-refractivity contribution in [1.29, 1.82) is 0 Å². The number of hydrogen-bond acceptors (Lipinski definition) is 2. The van der Waals surface area contributed by atoms with Gasteiger partial charge in [0.2, 0.25) is 0 Å². The highest BCUT2D eigenvalue weighted by molar-refractivity contribution is 5.69. The Bertz CT molecular complexity index is 216. The Kier molecular flexibility index (Phi) is 4.58. The summed E-state index contributed by atoms with van der Waals surface area (Å²) in [6.45, 7) is 6.61. The van der Waals surface area contributed by atoms with Crippen LogP contribution in [0.4, 0.5) is 0 Å². The van der Waals surface area contributed by atoms with Crippen LogP contribution in [0.2, 0.25) is 0 Å². The normalized spacial score (nSPS) is 27.3. The molecule has 0 spiro atoms. The molecule has 0 aromatic carbocycles. The molecule has 1 rings (SSSR count). The van der Waals surface area contributed by atoms with Crippen LogP contribution in [0.15, 0.2) is 0 Å². The minimum atomic E-state index is -0.707. The summed E-state index contributed by atoms with van der Waals surface area (Å²) in [5.41, 5.74) is 0. The fraction of sp³-hybridized carbons (Fsp3) is 0.917. The third-order valence-corrected chi connectivity index (χ3v) is 3.47. The molecule has 0 radical (unpaired) electrons. The lowest BCUT2D eigenvalue weighted by atomic mass is 9.84. The number of hydrogen-bond donors (Lipinski definition) is 1. The molecule has 1 saturated carbocycles. The molecule has 0 saturated heterocycles. The van der Waals surface area contributed by atoms with Gasteiger partial charge in [0.05, 0.1) is 6.54 Å². The first kappa shape index (κ1) is 12.5. The van der Waals surface area contributed by atoms with Crippen LogP contribution in [0.3, 0.4) is 0 Å². The van der Waals surface area contributed by atoms with Crippen LogP contribution in [0.5, 0.6) is 0 Å². The van der Waals surface area contributed by atoms with Crippen molar-refractivity contribution in [3.63, 3.8) is 0 Å². The van der Waals surface area contributed by atoms with Crippen molar-refractivity contribution in [2.24, 2.45) is 5.92 Å². The number of carboxylic acids is 1. The summed E-state index contributed by atoms with van der Waals surface area (Å²) < 4.78 is 0. The summed E-state index contributed by atoms with van der Waals surface area (Å²) in [5, 5.41) is 8.91. The van der Waals surface area contributed by atoms with Gasteiger partial charge in [-0.05, 0) is 32.6 Å². The van der Waals surface area contributed by atoms with Crippen LogP contribution in [-0.2, 0) is 4.79 Å². The summed E-state index contributed by atoms with van der Waals surface area (Å²) >= 11 is 0. The summed E-state index contributed by atoms with van der Waals surface area (Å²) in [5.74, 6) is -0.0676. The number of aliphatic carboxylic acids is 1. The fourth-order valence-corrected chi connectivity index (χ4v) is 2.63. The molecule has 0 heterocycles. The summed E-state index contributed by atoms with van der Waals surface area (Å²) in [6, 6.07) is 0.793. The molecule has 15 heavy (non-hydrogen) atoms. The van der Waals surface area contributed by atoms with Crippen molar-refractivity contribution in [1.82, 2.24) is 4.90 Å². The molecule has 1 aliphatic rings. The SMILES string of the molecule is CC1CCCCC1N(CC(=O)O)C(C)C. The van der Waals surface area contributed by atoms with Gasteiger partial charge in [-0.1, -0.05) is 19.8 Å². The maximum absolute atomic E-state index is 10.8. The van der Waals surface area contributed by atoms with Gasteiger partial charge in [-0.25, -0.2) is 0 Å². The lowest BCUT2D eigenvalue weighted by Crippen LogP contribution is -2.47. The van der Waals surface area contributed by atoms with Gasteiger partial charge in [-0.15, -0.1) is 0 Å². The van der Waals surface area contributed by atoms with E-state index >= 15 is 0 Å². The van der Waals surface area contributed by atoms with E-state index in [0.29, 0.717) is 18.0 Å². The average Bonchev–Trinajstić information content (AvgIpc) is 2.15. The Morgan fingerprint density at radius 2 is 2.00 bits per heavy atom. The highest BCUT2D eigenvalue weighted by atomic mass is 16.4. The Labute approximate surface area is 92.5 Å². The molecule has 0 amide bonds. The molecule has 1 aliphatic carbocycles. The average molecular weight is 213 g/mol. The van der Waals surface area contributed by atoms with Crippen LogP contribution < -0.4 is 0 Å². The lowest BCUT2D eigenvalue weighted by Gasteiger charge is -2.40. The number of carbonyl (C=O) groups is 1. The van der Waals surface area contributed by atoms with Gasteiger partial charge < -0.3 is 5.11 Å². The van der Waals surface area contributed by atoms with Crippen molar-refractivity contribution in [3.8, 4) is 0 Å². The van der Waals surface area contributed by atoms with E-state index in [1.165, 1.54) is 19.3 Å². The second-order valence-corrected chi connectivity index (χ2v) is 4.99. The first-order chi connectivity index (χ1) is 7.02. The Hall–Kier alpha value is -0.570. The zero-order chi connectivity index (χ0) is 11.4. The quantitative estimate of drug-likeness (QED) is 0.779. The molecule has 1 N–H and O–H groups in total.